The minimum Gasteiger partial charge on any atom is -0.493 e. The summed E-state index contributed by atoms with van der Waals surface area (Å²) in [5.74, 6) is 1.55. The van der Waals surface area contributed by atoms with Crippen molar-refractivity contribution >= 4 is 5.91 Å². The van der Waals surface area contributed by atoms with Crippen molar-refractivity contribution in [1.82, 2.24) is 14.8 Å². The van der Waals surface area contributed by atoms with Crippen LogP contribution in [-0.4, -0.2) is 54.0 Å². The van der Waals surface area contributed by atoms with E-state index in [9.17, 15) is 4.79 Å². The Hall–Kier alpha value is -3.38. The van der Waals surface area contributed by atoms with Crippen LogP contribution in [0.5, 0.6) is 11.5 Å². The minimum absolute atomic E-state index is 0.0723. The summed E-state index contributed by atoms with van der Waals surface area (Å²) >= 11 is 0. The monoisotopic (exact) mass is 417 g/mol. The molecule has 160 valence electrons. The van der Waals surface area contributed by atoms with Gasteiger partial charge >= 0.3 is 0 Å². The van der Waals surface area contributed by atoms with E-state index in [2.05, 4.69) is 22.0 Å². The summed E-state index contributed by atoms with van der Waals surface area (Å²) in [6, 6.07) is 19.7. The van der Waals surface area contributed by atoms with Crippen molar-refractivity contribution in [2.45, 2.75) is 13.2 Å². The van der Waals surface area contributed by atoms with Gasteiger partial charge in [0.1, 0.15) is 6.61 Å². The largest absolute Gasteiger partial charge is 0.493 e. The van der Waals surface area contributed by atoms with Crippen LogP contribution in [-0.2, 0) is 13.2 Å². The second-order valence-electron chi connectivity index (χ2n) is 7.56. The van der Waals surface area contributed by atoms with Crippen molar-refractivity contribution in [2.75, 3.05) is 33.3 Å². The molecule has 2 heterocycles. The fourth-order valence-corrected chi connectivity index (χ4v) is 3.71. The zero-order chi connectivity index (χ0) is 21.5. The quantitative estimate of drug-likeness (QED) is 0.588. The van der Waals surface area contributed by atoms with Gasteiger partial charge in [0.25, 0.3) is 5.91 Å². The summed E-state index contributed by atoms with van der Waals surface area (Å²) in [7, 11) is 1.66. The van der Waals surface area contributed by atoms with Gasteiger partial charge in [0.2, 0.25) is 0 Å². The number of aromatic nitrogens is 1. The van der Waals surface area contributed by atoms with Crippen molar-refractivity contribution in [3.63, 3.8) is 0 Å². The number of benzene rings is 2. The number of piperazine rings is 1. The molecule has 0 radical (unpaired) electrons. The summed E-state index contributed by atoms with van der Waals surface area (Å²) < 4.78 is 11.5. The first-order valence-corrected chi connectivity index (χ1v) is 10.5. The minimum atomic E-state index is 0.0723. The highest BCUT2D eigenvalue weighted by molar-refractivity contribution is 5.94. The number of rotatable bonds is 7. The van der Waals surface area contributed by atoms with Crippen LogP contribution in [0.4, 0.5) is 0 Å². The van der Waals surface area contributed by atoms with E-state index in [1.165, 1.54) is 0 Å². The Labute approximate surface area is 183 Å². The molecule has 3 aromatic rings. The maximum Gasteiger partial charge on any atom is 0.254 e. The van der Waals surface area contributed by atoms with E-state index in [4.69, 9.17) is 9.47 Å². The Morgan fingerprint density at radius 3 is 2.35 bits per heavy atom. The molecule has 1 aliphatic rings. The second-order valence-corrected chi connectivity index (χ2v) is 7.56. The van der Waals surface area contributed by atoms with Crippen LogP contribution >= 0.6 is 0 Å². The summed E-state index contributed by atoms with van der Waals surface area (Å²) in [5, 5.41) is 0. The van der Waals surface area contributed by atoms with Crippen molar-refractivity contribution < 1.29 is 14.3 Å². The van der Waals surface area contributed by atoms with E-state index in [1.54, 1.807) is 31.6 Å². The molecule has 0 spiro atoms. The van der Waals surface area contributed by atoms with Gasteiger partial charge in [-0.1, -0.05) is 36.4 Å². The number of carbonyl (C=O) groups excluding carboxylic acids is 1. The van der Waals surface area contributed by atoms with Crippen LogP contribution < -0.4 is 9.47 Å². The number of amides is 1. The van der Waals surface area contributed by atoms with Crippen LogP contribution in [0.3, 0.4) is 0 Å². The lowest BCUT2D eigenvalue weighted by atomic mass is 10.1. The van der Waals surface area contributed by atoms with E-state index in [-0.39, 0.29) is 5.91 Å². The molecular formula is C25H27N3O3. The summed E-state index contributed by atoms with van der Waals surface area (Å²) in [6.07, 6.45) is 3.31. The molecule has 1 aliphatic heterocycles. The molecule has 6 heteroatoms. The standard InChI is InChI=1S/C25H27N3O3/c1-30-23-8-7-21(17-24(23)31-19-20-5-3-2-4-6-20)18-27-13-15-28(16-14-27)25(29)22-9-11-26-12-10-22/h2-12,17H,13-16,18-19H2,1H3. The normalized spacial score (nSPS) is 14.3. The lowest BCUT2D eigenvalue weighted by Gasteiger charge is -2.34. The highest BCUT2D eigenvalue weighted by atomic mass is 16.5. The number of methoxy groups -OCH3 is 1. The first-order valence-electron chi connectivity index (χ1n) is 10.5. The predicted molar refractivity (Wildman–Crippen MR) is 119 cm³/mol. The van der Waals surface area contributed by atoms with Crippen LogP contribution in [0.2, 0.25) is 0 Å². The Morgan fingerprint density at radius 1 is 0.903 bits per heavy atom. The lowest BCUT2D eigenvalue weighted by Crippen LogP contribution is -2.48. The molecule has 0 atom stereocenters. The first-order chi connectivity index (χ1) is 15.2. The molecule has 4 rings (SSSR count). The SMILES string of the molecule is COc1ccc(CN2CCN(C(=O)c3ccncc3)CC2)cc1OCc1ccccc1. The van der Waals surface area contributed by atoms with Gasteiger partial charge in [-0.25, -0.2) is 0 Å². The van der Waals surface area contributed by atoms with Crippen molar-refractivity contribution in [2.24, 2.45) is 0 Å². The number of hydrogen-bond acceptors (Lipinski definition) is 5. The number of pyridine rings is 1. The zero-order valence-electron chi connectivity index (χ0n) is 17.7. The van der Waals surface area contributed by atoms with Crippen molar-refractivity contribution in [3.05, 3.63) is 89.7 Å². The average molecular weight is 418 g/mol. The third kappa shape index (κ3) is 5.41. The molecule has 0 aliphatic carbocycles. The molecule has 0 bridgehead atoms. The third-order valence-electron chi connectivity index (χ3n) is 5.46. The van der Waals surface area contributed by atoms with Gasteiger partial charge in [-0.3, -0.25) is 14.7 Å². The number of hydrogen-bond donors (Lipinski definition) is 0. The zero-order valence-corrected chi connectivity index (χ0v) is 17.7. The molecule has 0 unspecified atom stereocenters. The first kappa shape index (κ1) is 20.9. The molecule has 0 saturated carbocycles. The number of carbonyl (C=O) groups is 1. The maximum absolute atomic E-state index is 12.6. The van der Waals surface area contributed by atoms with Gasteiger partial charge < -0.3 is 14.4 Å². The van der Waals surface area contributed by atoms with Gasteiger partial charge in [0.05, 0.1) is 7.11 Å². The Morgan fingerprint density at radius 2 is 1.65 bits per heavy atom. The Bertz CT molecular complexity index is 987. The maximum atomic E-state index is 12.6. The fraction of sp³-hybridized carbons (Fsp3) is 0.280. The Kier molecular flexibility index (Phi) is 6.79. The lowest BCUT2D eigenvalue weighted by molar-refractivity contribution is 0.0628. The third-order valence-corrected chi connectivity index (χ3v) is 5.46. The van der Waals surface area contributed by atoms with Crippen LogP contribution in [0.15, 0.2) is 73.1 Å². The summed E-state index contributed by atoms with van der Waals surface area (Å²) in [5.41, 5.74) is 2.97. The van der Waals surface area contributed by atoms with Gasteiger partial charge in [0, 0.05) is 50.7 Å². The molecule has 1 amide bonds. The van der Waals surface area contributed by atoms with E-state index in [1.807, 2.05) is 41.3 Å². The highest BCUT2D eigenvalue weighted by Gasteiger charge is 2.22. The number of nitrogens with zero attached hydrogens (tertiary/aromatic N) is 3. The fourth-order valence-electron chi connectivity index (χ4n) is 3.71. The van der Waals surface area contributed by atoms with Crippen molar-refractivity contribution in [3.8, 4) is 11.5 Å². The molecule has 6 nitrogen and oxygen atoms in total. The topological polar surface area (TPSA) is 54.9 Å². The average Bonchev–Trinajstić information content (AvgIpc) is 2.84. The second kappa shape index (κ2) is 10.1. The van der Waals surface area contributed by atoms with E-state index >= 15 is 0 Å². The van der Waals surface area contributed by atoms with Crippen LogP contribution in [0, 0.1) is 0 Å². The molecule has 0 N–H and O–H groups in total. The molecule has 1 saturated heterocycles. The molecule has 31 heavy (non-hydrogen) atoms. The number of ether oxygens (including phenoxy) is 2. The highest BCUT2D eigenvalue weighted by Crippen LogP contribution is 2.29. The predicted octanol–water partition coefficient (Wildman–Crippen LogP) is 3.63. The van der Waals surface area contributed by atoms with Crippen LogP contribution in [0.1, 0.15) is 21.5 Å². The van der Waals surface area contributed by atoms with Gasteiger partial charge in [0.15, 0.2) is 11.5 Å². The van der Waals surface area contributed by atoms with E-state index in [0.717, 1.165) is 42.3 Å². The van der Waals surface area contributed by atoms with Crippen molar-refractivity contribution in [1.29, 1.82) is 0 Å². The molecule has 1 fully saturated rings. The van der Waals surface area contributed by atoms with Crippen LogP contribution in [0.25, 0.3) is 0 Å². The Balaban J connectivity index is 1.34. The van der Waals surface area contributed by atoms with E-state index < -0.39 is 0 Å². The summed E-state index contributed by atoms with van der Waals surface area (Å²) in [4.78, 5) is 20.9. The van der Waals surface area contributed by atoms with Gasteiger partial charge in [-0.15, -0.1) is 0 Å². The smallest absolute Gasteiger partial charge is 0.254 e. The van der Waals surface area contributed by atoms with E-state index in [0.29, 0.717) is 25.3 Å². The van der Waals surface area contributed by atoms with Gasteiger partial charge in [-0.2, -0.15) is 0 Å². The van der Waals surface area contributed by atoms with Gasteiger partial charge in [-0.05, 0) is 35.4 Å². The summed E-state index contributed by atoms with van der Waals surface area (Å²) in [6.45, 7) is 4.41. The molecular weight excluding hydrogens is 390 g/mol. The molecule has 2 aromatic carbocycles. The molecule has 1 aromatic heterocycles.